The zero-order valence-electron chi connectivity index (χ0n) is 8.98. The molecule has 1 aliphatic carbocycles. The van der Waals surface area contributed by atoms with Gasteiger partial charge in [-0.1, -0.05) is 24.3 Å². The molecule has 1 fully saturated rings. The lowest BCUT2D eigenvalue weighted by molar-refractivity contribution is 0.266. The van der Waals surface area contributed by atoms with Crippen molar-refractivity contribution in [3.63, 3.8) is 0 Å². The van der Waals surface area contributed by atoms with Gasteiger partial charge >= 0.3 is 0 Å². The first-order valence-corrected chi connectivity index (χ1v) is 5.56. The number of nitrogens with zero attached hydrogens (tertiary/aromatic N) is 1. The number of hydrogen-bond acceptors (Lipinski definition) is 3. The Labute approximate surface area is 94.1 Å². The van der Waals surface area contributed by atoms with Crippen molar-refractivity contribution in [2.24, 2.45) is 0 Å². The first-order chi connectivity index (χ1) is 7.83. The van der Waals surface area contributed by atoms with Gasteiger partial charge in [-0.3, -0.25) is 0 Å². The zero-order valence-corrected chi connectivity index (χ0v) is 8.98. The van der Waals surface area contributed by atoms with Crippen LogP contribution in [0.4, 0.5) is 5.82 Å². The van der Waals surface area contributed by atoms with Crippen molar-refractivity contribution in [1.29, 1.82) is 0 Å². The highest BCUT2D eigenvalue weighted by atomic mass is 16.3. The minimum absolute atomic E-state index is 0.114. The van der Waals surface area contributed by atoms with Gasteiger partial charge in [-0.05, 0) is 24.3 Å². The van der Waals surface area contributed by atoms with Gasteiger partial charge in [0.05, 0.1) is 12.1 Å². The van der Waals surface area contributed by atoms with E-state index in [9.17, 15) is 5.11 Å². The molecular formula is C13H14N2O. The fourth-order valence-corrected chi connectivity index (χ4v) is 1.94. The highest BCUT2D eigenvalue weighted by Gasteiger charge is 2.42. The maximum absolute atomic E-state index is 9.30. The van der Waals surface area contributed by atoms with Crippen molar-refractivity contribution in [3.8, 4) is 0 Å². The predicted octanol–water partition coefficient (Wildman–Crippen LogP) is 2.17. The van der Waals surface area contributed by atoms with Crippen molar-refractivity contribution >= 4 is 16.6 Å². The van der Waals surface area contributed by atoms with Crippen molar-refractivity contribution in [2.75, 3.05) is 11.9 Å². The van der Waals surface area contributed by atoms with Crippen LogP contribution in [-0.2, 0) is 0 Å². The normalized spacial score (nSPS) is 17.3. The van der Waals surface area contributed by atoms with Crippen LogP contribution in [-0.4, -0.2) is 22.2 Å². The summed E-state index contributed by atoms with van der Waals surface area (Å²) in [7, 11) is 0. The lowest BCUT2D eigenvalue weighted by Gasteiger charge is -2.16. The molecule has 1 heterocycles. The van der Waals surface area contributed by atoms with Crippen LogP contribution in [0, 0.1) is 0 Å². The Bertz CT molecular complexity index is 515. The summed E-state index contributed by atoms with van der Waals surface area (Å²) in [5, 5.41) is 15.0. The van der Waals surface area contributed by atoms with Gasteiger partial charge < -0.3 is 10.4 Å². The Balaban J connectivity index is 2.03. The van der Waals surface area contributed by atoms with Gasteiger partial charge in [-0.2, -0.15) is 0 Å². The van der Waals surface area contributed by atoms with Crippen LogP contribution in [0.15, 0.2) is 36.5 Å². The van der Waals surface area contributed by atoms with Gasteiger partial charge in [0.2, 0.25) is 0 Å². The molecule has 3 rings (SSSR count). The van der Waals surface area contributed by atoms with Crippen LogP contribution >= 0.6 is 0 Å². The van der Waals surface area contributed by atoms with Crippen molar-refractivity contribution < 1.29 is 5.11 Å². The topological polar surface area (TPSA) is 45.1 Å². The molecule has 3 heteroatoms. The number of rotatable bonds is 3. The molecule has 82 valence electrons. The van der Waals surface area contributed by atoms with Crippen molar-refractivity contribution in [2.45, 2.75) is 18.4 Å². The lowest BCUT2D eigenvalue weighted by Crippen LogP contribution is -2.26. The van der Waals surface area contributed by atoms with Crippen LogP contribution in [0.25, 0.3) is 10.8 Å². The fourth-order valence-electron chi connectivity index (χ4n) is 1.94. The third-order valence-corrected chi connectivity index (χ3v) is 3.21. The molecule has 0 saturated heterocycles. The Hall–Kier alpha value is -1.61. The summed E-state index contributed by atoms with van der Waals surface area (Å²) in [6.07, 6.45) is 3.85. The average Bonchev–Trinajstić information content (AvgIpc) is 3.10. The Morgan fingerprint density at radius 1 is 1.25 bits per heavy atom. The number of anilines is 1. The molecular weight excluding hydrogens is 200 g/mol. The monoisotopic (exact) mass is 214 g/mol. The van der Waals surface area contributed by atoms with Gasteiger partial charge in [0.25, 0.3) is 0 Å². The zero-order chi connectivity index (χ0) is 11.0. The highest BCUT2D eigenvalue weighted by Crippen LogP contribution is 2.39. The van der Waals surface area contributed by atoms with E-state index in [2.05, 4.69) is 22.4 Å². The summed E-state index contributed by atoms with van der Waals surface area (Å²) >= 11 is 0. The summed E-state index contributed by atoms with van der Waals surface area (Å²) in [6.45, 7) is 0.178. The molecule has 1 saturated carbocycles. The number of pyridine rings is 1. The minimum atomic E-state index is -0.114. The number of aliphatic hydroxyl groups excluding tert-OH is 1. The molecule has 16 heavy (non-hydrogen) atoms. The van der Waals surface area contributed by atoms with E-state index in [1.807, 2.05) is 18.2 Å². The largest absolute Gasteiger partial charge is 0.394 e. The second-order valence-corrected chi connectivity index (χ2v) is 4.44. The van der Waals surface area contributed by atoms with Crippen molar-refractivity contribution in [1.82, 2.24) is 4.98 Å². The van der Waals surface area contributed by atoms with Gasteiger partial charge in [0.1, 0.15) is 5.82 Å². The first-order valence-electron chi connectivity index (χ1n) is 5.56. The summed E-state index contributed by atoms with van der Waals surface area (Å²) in [6, 6.07) is 10.1. The molecule has 2 N–H and O–H groups in total. The molecule has 2 aromatic rings. The van der Waals surface area contributed by atoms with E-state index < -0.39 is 0 Å². The van der Waals surface area contributed by atoms with Gasteiger partial charge in [0, 0.05) is 11.6 Å². The maximum atomic E-state index is 9.30. The van der Waals surface area contributed by atoms with Crippen LogP contribution in [0.3, 0.4) is 0 Å². The van der Waals surface area contributed by atoms with E-state index in [-0.39, 0.29) is 12.1 Å². The fraction of sp³-hybridized carbons (Fsp3) is 0.308. The van der Waals surface area contributed by atoms with E-state index in [0.29, 0.717) is 0 Å². The third-order valence-electron chi connectivity index (χ3n) is 3.21. The number of nitrogens with one attached hydrogen (secondary N) is 1. The number of hydrogen-bond donors (Lipinski definition) is 2. The molecule has 1 aliphatic rings. The van der Waals surface area contributed by atoms with Crippen LogP contribution in [0.5, 0.6) is 0 Å². The summed E-state index contributed by atoms with van der Waals surface area (Å²) in [4.78, 5) is 4.36. The second-order valence-electron chi connectivity index (χ2n) is 4.44. The molecule has 0 radical (unpaired) electrons. The Morgan fingerprint density at radius 2 is 2.06 bits per heavy atom. The van der Waals surface area contributed by atoms with Crippen LogP contribution in [0.1, 0.15) is 12.8 Å². The maximum Gasteiger partial charge on any atom is 0.134 e. The van der Waals surface area contributed by atoms with E-state index in [0.717, 1.165) is 24.0 Å². The quantitative estimate of drug-likeness (QED) is 0.823. The smallest absolute Gasteiger partial charge is 0.134 e. The molecule has 3 nitrogen and oxygen atoms in total. The van der Waals surface area contributed by atoms with Crippen LogP contribution in [0.2, 0.25) is 0 Å². The SMILES string of the molecule is OCC1(Nc2nccc3ccccc23)CC1. The minimum Gasteiger partial charge on any atom is -0.394 e. The summed E-state index contributed by atoms with van der Waals surface area (Å²) in [5.41, 5.74) is -0.114. The van der Waals surface area contributed by atoms with E-state index in [4.69, 9.17) is 0 Å². The Kier molecular flexibility index (Phi) is 2.07. The van der Waals surface area contributed by atoms with Gasteiger partial charge in [-0.25, -0.2) is 4.98 Å². The molecule has 0 amide bonds. The average molecular weight is 214 g/mol. The first kappa shape index (κ1) is 9.60. The Morgan fingerprint density at radius 3 is 2.81 bits per heavy atom. The van der Waals surface area contributed by atoms with Gasteiger partial charge in [0.15, 0.2) is 0 Å². The highest BCUT2D eigenvalue weighted by molar-refractivity contribution is 5.91. The second kappa shape index (κ2) is 3.46. The summed E-state index contributed by atoms with van der Waals surface area (Å²) in [5.74, 6) is 0.879. The lowest BCUT2D eigenvalue weighted by atomic mass is 10.1. The number of aliphatic hydroxyl groups is 1. The van der Waals surface area contributed by atoms with Gasteiger partial charge in [-0.15, -0.1) is 0 Å². The molecule has 0 spiro atoms. The molecule has 0 atom stereocenters. The standard InChI is InChI=1S/C13H14N2O/c16-9-13(6-7-13)15-12-11-4-2-1-3-10(11)5-8-14-12/h1-5,8,16H,6-7,9H2,(H,14,15). The molecule has 0 bridgehead atoms. The van der Waals surface area contributed by atoms with E-state index in [1.165, 1.54) is 5.39 Å². The third kappa shape index (κ3) is 1.53. The molecule has 0 aliphatic heterocycles. The molecule has 1 aromatic carbocycles. The number of aromatic nitrogens is 1. The number of fused-ring (bicyclic) bond motifs is 1. The summed E-state index contributed by atoms with van der Waals surface area (Å²) < 4.78 is 0. The van der Waals surface area contributed by atoms with Crippen LogP contribution < -0.4 is 5.32 Å². The van der Waals surface area contributed by atoms with E-state index in [1.54, 1.807) is 6.20 Å². The van der Waals surface area contributed by atoms with E-state index >= 15 is 0 Å². The van der Waals surface area contributed by atoms with Crippen molar-refractivity contribution in [3.05, 3.63) is 36.5 Å². The number of benzene rings is 1. The predicted molar refractivity (Wildman–Crippen MR) is 64.4 cm³/mol. The molecule has 0 unspecified atom stereocenters. The molecule has 1 aromatic heterocycles.